The van der Waals surface area contributed by atoms with Gasteiger partial charge in [0.05, 0.1) is 13.2 Å². The Hall–Kier alpha value is -2.65. The number of pyridine rings is 1. The van der Waals surface area contributed by atoms with Gasteiger partial charge in [-0.1, -0.05) is 24.3 Å². The molecule has 0 aliphatic rings. The third-order valence-electron chi connectivity index (χ3n) is 4.71. The highest BCUT2D eigenvalue weighted by atomic mass is 32.1. The molecule has 0 aliphatic heterocycles. The molecular formula is C22H30N6O2S. The Balaban J connectivity index is 1.59. The largest absolute Gasteiger partial charge is 0.478 e. The Morgan fingerprint density at radius 3 is 2.65 bits per heavy atom. The number of ether oxygens (including phenoxy) is 1. The number of rotatable bonds is 10. The molecule has 0 fully saturated rings. The molecule has 2 N–H and O–H groups in total. The lowest BCUT2D eigenvalue weighted by Gasteiger charge is -2.18. The first kappa shape index (κ1) is 23.0. The fraction of sp³-hybridized carbons (Fsp3) is 0.500. The van der Waals surface area contributed by atoms with Gasteiger partial charge in [0.25, 0.3) is 0 Å². The van der Waals surface area contributed by atoms with Crippen molar-refractivity contribution in [1.82, 2.24) is 25.1 Å². The second-order valence-corrected chi connectivity index (χ2v) is 9.46. The quantitative estimate of drug-likeness (QED) is 0.451. The molecule has 0 aliphatic carbocycles. The van der Waals surface area contributed by atoms with E-state index in [9.17, 15) is 5.11 Å². The molecule has 0 unspecified atom stereocenters. The lowest BCUT2D eigenvalue weighted by molar-refractivity contribution is 0.0678. The molecule has 31 heavy (non-hydrogen) atoms. The van der Waals surface area contributed by atoms with E-state index in [0.29, 0.717) is 36.6 Å². The molecule has 0 amide bonds. The van der Waals surface area contributed by atoms with E-state index in [1.807, 2.05) is 20.0 Å². The Morgan fingerprint density at radius 1 is 1.19 bits per heavy atom. The van der Waals surface area contributed by atoms with Crippen molar-refractivity contribution in [1.29, 1.82) is 0 Å². The molecule has 3 aromatic heterocycles. The fourth-order valence-corrected chi connectivity index (χ4v) is 3.57. The molecule has 3 aromatic rings. The molecule has 166 valence electrons. The lowest BCUT2D eigenvalue weighted by atomic mass is 10.0. The first-order chi connectivity index (χ1) is 14.7. The van der Waals surface area contributed by atoms with Crippen LogP contribution in [-0.2, 0) is 12.1 Å². The third kappa shape index (κ3) is 6.93. The van der Waals surface area contributed by atoms with Crippen molar-refractivity contribution < 1.29 is 9.84 Å². The van der Waals surface area contributed by atoms with Crippen molar-refractivity contribution in [3.05, 3.63) is 51.5 Å². The van der Waals surface area contributed by atoms with Crippen LogP contribution in [-0.4, -0.2) is 36.9 Å². The van der Waals surface area contributed by atoms with E-state index in [1.165, 1.54) is 11.3 Å². The number of aryl methyl sites for hydroxylation is 2. The van der Waals surface area contributed by atoms with Gasteiger partial charge in [-0.3, -0.25) is 4.98 Å². The van der Waals surface area contributed by atoms with Crippen LogP contribution in [0.5, 0.6) is 5.88 Å². The standard InChI is InChI=1S/C22H30N6O2S/c1-14-8-9-17(23-12-14)15(2)7-6-10-30-19-11-18(25-21(26-19)22(4,5)29)24-13-20-28-27-16(3)31-20/h8-9,11-12,15,29H,6-7,10,13H2,1-5H3,(H,24,25,26)/t15-/m1/s1. The summed E-state index contributed by atoms with van der Waals surface area (Å²) in [6.07, 6.45) is 3.73. The van der Waals surface area contributed by atoms with E-state index in [2.05, 4.69) is 49.5 Å². The van der Waals surface area contributed by atoms with Crippen LogP contribution in [0.2, 0.25) is 0 Å². The molecule has 3 rings (SSSR count). The maximum Gasteiger partial charge on any atom is 0.218 e. The van der Waals surface area contributed by atoms with E-state index >= 15 is 0 Å². The highest BCUT2D eigenvalue weighted by Crippen LogP contribution is 2.23. The maximum atomic E-state index is 10.4. The number of hydrogen-bond donors (Lipinski definition) is 2. The van der Waals surface area contributed by atoms with Gasteiger partial charge in [-0.05, 0) is 58.1 Å². The van der Waals surface area contributed by atoms with Crippen LogP contribution in [0.4, 0.5) is 5.82 Å². The second kappa shape index (κ2) is 10.1. The van der Waals surface area contributed by atoms with E-state index < -0.39 is 5.60 Å². The van der Waals surface area contributed by atoms with Crippen LogP contribution in [0.1, 0.15) is 66.6 Å². The molecule has 0 spiro atoms. The van der Waals surface area contributed by atoms with Gasteiger partial charge in [-0.15, -0.1) is 10.2 Å². The molecule has 0 radical (unpaired) electrons. The SMILES string of the molecule is Cc1ccc([C@H](C)CCCOc2cc(NCc3nnc(C)s3)nc(C(C)(C)O)n2)nc1. The third-order valence-corrected chi connectivity index (χ3v) is 5.55. The zero-order valence-electron chi connectivity index (χ0n) is 18.7. The van der Waals surface area contributed by atoms with Crippen LogP contribution in [0.15, 0.2) is 24.4 Å². The Bertz CT molecular complexity index is 984. The minimum absolute atomic E-state index is 0.304. The minimum Gasteiger partial charge on any atom is -0.478 e. The van der Waals surface area contributed by atoms with Gasteiger partial charge in [-0.25, -0.2) is 4.98 Å². The number of aromatic nitrogens is 5. The molecule has 0 saturated carbocycles. The van der Waals surface area contributed by atoms with E-state index in [-0.39, 0.29) is 0 Å². The van der Waals surface area contributed by atoms with Crippen molar-refractivity contribution in [2.45, 2.75) is 65.5 Å². The van der Waals surface area contributed by atoms with Crippen LogP contribution >= 0.6 is 11.3 Å². The van der Waals surface area contributed by atoms with E-state index in [0.717, 1.165) is 34.1 Å². The number of anilines is 1. The van der Waals surface area contributed by atoms with Crippen LogP contribution in [0.25, 0.3) is 0 Å². The maximum absolute atomic E-state index is 10.4. The van der Waals surface area contributed by atoms with Crippen LogP contribution < -0.4 is 10.1 Å². The second-order valence-electron chi connectivity index (χ2n) is 8.19. The smallest absolute Gasteiger partial charge is 0.218 e. The average Bonchev–Trinajstić information content (AvgIpc) is 3.14. The summed E-state index contributed by atoms with van der Waals surface area (Å²) in [5, 5.41) is 23.5. The summed E-state index contributed by atoms with van der Waals surface area (Å²) in [5.41, 5.74) is 1.08. The zero-order chi connectivity index (χ0) is 22.4. The molecule has 3 heterocycles. The van der Waals surface area contributed by atoms with Gasteiger partial charge in [0, 0.05) is 18.0 Å². The first-order valence-corrected chi connectivity index (χ1v) is 11.2. The lowest BCUT2D eigenvalue weighted by Crippen LogP contribution is -2.21. The number of aliphatic hydroxyl groups is 1. The predicted molar refractivity (Wildman–Crippen MR) is 121 cm³/mol. The highest BCUT2D eigenvalue weighted by Gasteiger charge is 2.22. The molecule has 1 atom stereocenters. The van der Waals surface area contributed by atoms with Gasteiger partial charge in [0.2, 0.25) is 5.88 Å². The van der Waals surface area contributed by atoms with Gasteiger partial charge in [0.1, 0.15) is 21.4 Å². The van der Waals surface area contributed by atoms with Crippen molar-refractivity contribution in [2.75, 3.05) is 11.9 Å². The molecule has 0 saturated heterocycles. The summed E-state index contributed by atoms with van der Waals surface area (Å²) < 4.78 is 5.90. The van der Waals surface area contributed by atoms with Crippen molar-refractivity contribution in [2.24, 2.45) is 0 Å². The topological polar surface area (TPSA) is 106 Å². The van der Waals surface area contributed by atoms with Crippen LogP contribution in [0, 0.1) is 13.8 Å². The summed E-state index contributed by atoms with van der Waals surface area (Å²) in [7, 11) is 0. The van der Waals surface area contributed by atoms with Crippen molar-refractivity contribution >= 4 is 17.2 Å². The molecule has 9 heteroatoms. The molecule has 0 bridgehead atoms. The Kier molecular flexibility index (Phi) is 7.50. The fourth-order valence-electron chi connectivity index (χ4n) is 2.92. The monoisotopic (exact) mass is 442 g/mol. The summed E-state index contributed by atoms with van der Waals surface area (Å²) in [5.74, 6) is 1.67. The van der Waals surface area contributed by atoms with E-state index in [4.69, 9.17) is 4.74 Å². The van der Waals surface area contributed by atoms with E-state index in [1.54, 1.807) is 19.9 Å². The minimum atomic E-state index is -1.18. The normalized spacial score (nSPS) is 12.6. The summed E-state index contributed by atoms with van der Waals surface area (Å²) in [4.78, 5) is 13.3. The highest BCUT2D eigenvalue weighted by molar-refractivity contribution is 7.11. The van der Waals surface area contributed by atoms with Crippen LogP contribution in [0.3, 0.4) is 0 Å². The number of hydrogen-bond acceptors (Lipinski definition) is 9. The number of nitrogens with one attached hydrogen (secondary N) is 1. The van der Waals surface area contributed by atoms with Gasteiger partial charge >= 0.3 is 0 Å². The molecule has 0 aromatic carbocycles. The van der Waals surface area contributed by atoms with Gasteiger partial charge in [0.15, 0.2) is 5.82 Å². The predicted octanol–water partition coefficient (Wildman–Crippen LogP) is 4.14. The number of nitrogens with zero attached hydrogens (tertiary/aromatic N) is 5. The zero-order valence-corrected chi connectivity index (χ0v) is 19.5. The van der Waals surface area contributed by atoms with Gasteiger partial charge < -0.3 is 15.2 Å². The average molecular weight is 443 g/mol. The Labute approximate surface area is 187 Å². The summed E-state index contributed by atoms with van der Waals surface area (Å²) in [6.45, 7) is 10.4. The van der Waals surface area contributed by atoms with Crippen molar-refractivity contribution in [3.8, 4) is 5.88 Å². The van der Waals surface area contributed by atoms with Gasteiger partial charge in [-0.2, -0.15) is 4.98 Å². The first-order valence-electron chi connectivity index (χ1n) is 10.4. The molecule has 8 nitrogen and oxygen atoms in total. The van der Waals surface area contributed by atoms with Crippen molar-refractivity contribution in [3.63, 3.8) is 0 Å². The Morgan fingerprint density at radius 2 is 2.00 bits per heavy atom. The molecular weight excluding hydrogens is 412 g/mol. The summed E-state index contributed by atoms with van der Waals surface area (Å²) >= 11 is 1.53. The summed E-state index contributed by atoms with van der Waals surface area (Å²) in [6, 6.07) is 5.92.